The summed E-state index contributed by atoms with van der Waals surface area (Å²) < 4.78 is 0. The molecule has 1 aliphatic rings. The largest absolute Gasteiger partial charge is 0.327 e. The highest BCUT2D eigenvalue weighted by Crippen LogP contribution is 2.33. The van der Waals surface area contributed by atoms with E-state index in [-0.39, 0.29) is 11.9 Å². The van der Waals surface area contributed by atoms with Crippen molar-refractivity contribution in [2.24, 2.45) is 0 Å². The molecular weight excluding hydrogens is 362 g/mol. The van der Waals surface area contributed by atoms with E-state index in [1.165, 1.54) is 0 Å². The Bertz CT molecular complexity index is 1160. The average Bonchev–Trinajstić information content (AvgIpc) is 2.70. The minimum Gasteiger partial charge on any atom is -0.327 e. The summed E-state index contributed by atoms with van der Waals surface area (Å²) in [6.45, 7) is 5.75. The van der Waals surface area contributed by atoms with E-state index in [2.05, 4.69) is 16.0 Å². The molecule has 3 aromatic carbocycles. The number of rotatable bonds is 3. The van der Waals surface area contributed by atoms with E-state index in [0.717, 1.165) is 33.2 Å². The molecule has 0 aromatic heterocycles. The SMILES string of the molecule is CC1=C(C(=O)Nc2cccc(C)c2C)C(c2cccc3ccccc23)NC(=O)N1. The second-order valence-corrected chi connectivity index (χ2v) is 7.34. The molecule has 0 bridgehead atoms. The Hall–Kier alpha value is -3.60. The van der Waals surface area contributed by atoms with Gasteiger partial charge in [0.1, 0.15) is 0 Å². The van der Waals surface area contributed by atoms with Gasteiger partial charge in [0.25, 0.3) is 5.91 Å². The van der Waals surface area contributed by atoms with Crippen molar-refractivity contribution in [2.75, 3.05) is 5.32 Å². The van der Waals surface area contributed by atoms with Crippen molar-refractivity contribution in [3.63, 3.8) is 0 Å². The molecule has 0 fully saturated rings. The van der Waals surface area contributed by atoms with E-state index in [1.807, 2.05) is 74.5 Å². The molecule has 1 aliphatic heterocycles. The van der Waals surface area contributed by atoms with Gasteiger partial charge in [-0.1, -0.05) is 54.6 Å². The summed E-state index contributed by atoms with van der Waals surface area (Å²) in [5, 5.41) is 10.8. The van der Waals surface area contributed by atoms with Crippen LogP contribution in [0.2, 0.25) is 0 Å². The highest BCUT2D eigenvalue weighted by Gasteiger charge is 2.32. The van der Waals surface area contributed by atoms with Crippen LogP contribution in [0.5, 0.6) is 0 Å². The number of urea groups is 1. The Kier molecular flexibility index (Phi) is 4.80. The van der Waals surface area contributed by atoms with E-state index in [4.69, 9.17) is 0 Å². The van der Waals surface area contributed by atoms with Crippen LogP contribution in [0.3, 0.4) is 0 Å². The maximum atomic E-state index is 13.3. The molecule has 0 saturated heterocycles. The molecule has 3 N–H and O–H groups in total. The molecule has 0 radical (unpaired) electrons. The summed E-state index contributed by atoms with van der Waals surface area (Å²) >= 11 is 0. The van der Waals surface area contributed by atoms with Gasteiger partial charge in [-0.05, 0) is 54.3 Å². The monoisotopic (exact) mass is 385 g/mol. The quantitative estimate of drug-likeness (QED) is 0.610. The average molecular weight is 385 g/mol. The van der Waals surface area contributed by atoms with Crippen molar-refractivity contribution in [3.8, 4) is 0 Å². The van der Waals surface area contributed by atoms with Gasteiger partial charge in [0.15, 0.2) is 0 Å². The Morgan fingerprint density at radius 2 is 1.66 bits per heavy atom. The number of fused-ring (bicyclic) bond motifs is 1. The lowest BCUT2D eigenvalue weighted by Crippen LogP contribution is -2.46. The molecule has 5 nitrogen and oxygen atoms in total. The maximum Gasteiger partial charge on any atom is 0.319 e. The van der Waals surface area contributed by atoms with Crippen LogP contribution in [0.25, 0.3) is 10.8 Å². The Morgan fingerprint density at radius 3 is 2.48 bits per heavy atom. The van der Waals surface area contributed by atoms with Crippen molar-refractivity contribution in [3.05, 3.63) is 88.6 Å². The van der Waals surface area contributed by atoms with Gasteiger partial charge in [-0.15, -0.1) is 0 Å². The van der Waals surface area contributed by atoms with Crippen LogP contribution in [0.4, 0.5) is 10.5 Å². The summed E-state index contributed by atoms with van der Waals surface area (Å²) in [7, 11) is 0. The van der Waals surface area contributed by atoms with Gasteiger partial charge in [-0.3, -0.25) is 4.79 Å². The second kappa shape index (κ2) is 7.43. The van der Waals surface area contributed by atoms with Crippen LogP contribution in [0.1, 0.15) is 29.7 Å². The lowest BCUT2D eigenvalue weighted by atomic mass is 9.91. The van der Waals surface area contributed by atoms with Gasteiger partial charge in [-0.25, -0.2) is 4.79 Å². The molecule has 0 spiro atoms. The first-order valence-electron chi connectivity index (χ1n) is 9.59. The second-order valence-electron chi connectivity index (χ2n) is 7.34. The number of aryl methyl sites for hydroxylation is 1. The Morgan fingerprint density at radius 1 is 0.931 bits per heavy atom. The van der Waals surface area contributed by atoms with Crippen LogP contribution < -0.4 is 16.0 Å². The van der Waals surface area contributed by atoms with Gasteiger partial charge in [0, 0.05) is 11.4 Å². The standard InChI is InChI=1S/C24H23N3O2/c1-14-8-6-13-20(15(14)2)26-23(28)21-16(3)25-24(29)27-22(21)19-12-7-10-17-9-4-5-11-18(17)19/h4-13,22H,1-3H3,(H,26,28)(H2,25,27,29). The van der Waals surface area contributed by atoms with Crippen molar-refractivity contribution < 1.29 is 9.59 Å². The first-order chi connectivity index (χ1) is 14.0. The Labute approximate surface area is 169 Å². The summed E-state index contributed by atoms with van der Waals surface area (Å²) in [4.78, 5) is 25.5. The highest BCUT2D eigenvalue weighted by molar-refractivity contribution is 6.07. The zero-order chi connectivity index (χ0) is 20.5. The first kappa shape index (κ1) is 18.7. The zero-order valence-corrected chi connectivity index (χ0v) is 16.7. The first-order valence-corrected chi connectivity index (χ1v) is 9.59. The number of anilines is 1. The van der Waals surface area contributed by atoms with E-state index in [9.17, 15) is 9.59 Å². The Balaban J connectivity index is 1.78. The van der Waals surface area contributed by atoms with Gasteiger partial charge in [0.2, 0.25) is 0 Å². The minimum absolute atomic E-state index is 0.235. The molecule has 5 heteroatoms. The van der Waals surface area contributed by atoms with Gasteiger partial charge < -0.3 is 16.0 Å². The molecular formula is C24H23N3O2. The number of carbonyl (C=O) groups excluding carboxylic acids is 2. The minimum atomic E-state index is -0.542. The topological polar surface area (TPSA) is 70.2 Å². The molecule has 1 heterocycles. The highest BCUT2D eigenvalue weighted by atomic mass is 16.2. The number of nitrogens with one attached hydrogen (secondary N) is 3. The van der Waals surface area contributed by atoms with Crippen LogP contribution in [0, 0.1) is 13.8 Å². The fourth-order valence-corrected chi connectivity index (χ4v) is 3.81. The predicted molar refractivity (Wildman–Crippen MR) is 116 cm³/mol. The molecule has 4 rings (SSSR count). The van der Waals surface area contributed by atoms with Gasteiger partial charge >= 0.3 is 6.03 Å². The van der Waals surface area contributed by atoms with Crippen molar-refractivity contribution in [1.29, 1.82) is 0 Å². The molecule has 0 aliphatic carbocycles. The number of hydrogen-bond donors (Lipinski definition) is 3. The number of amides is 3. The number of benzene rings is 3. The van der Waals surface area contributed by atoms with E-state index < -0.39 is 6.04 Å². The van der Waals surface area contributed by atoms with Crippen molar-refractivity contribution in [2.45, 2.75) is 26.8 Å². The molecule has 3 aromatic rings. The van der Waals surface area contributed by atoms with E-state index >= 15 is 0 Å². The van der Waals surface area contributed by atoms with Crippen LogP contribution >= 0.6 is 0 Å². The zero-order valence-electron chi connectivity index (χ0n) is 16.7. The van der Waals surface area contributed by atoms with Gasteiger partial charge in [-0.2, -0.15) is 0 Å². The van der Waals surface area contributed by atoms with E-state index in [0.29, 0.717) is 11.3 Å². The lowest BCUT2D eigenvalue weighted by molar-refractivity contribution is -0.113. The van der Waals surface area contributed by atoms with Gasteiger partial charge in [0.05, 0.1) is 11.6 Å². The summed E-state index contributed by atoms with van der Waals surface area (Å²) in [5.74, 6) is -0.235. The summed E-state index contributed by atoms with van der Waals surface area (Å²) in [5.41, 5.74) is 4.84. The van der Waals surface area contributed by atoms with Crippen molar-refractivity contribution in [1.82, 2.24) is 10.6 Å². The van der Waals surface area contributed by atoms with Crippen molar-refractivity contribution >= 4 is 28.4 Å². The summed E-state index contributed by atoms with van der Waals surface area (Å²) in [6, 6.07) is 18.8. The fourth-order valence-electron chi connectivity index (χ4n) is 3.81. The van der Waals surface area contributed by atoms with Crippen LogP contribution in [-0.4, -0.2) is 11.9 Å². The molecule has 1 unspecified atom stereocenters. The molecule has 3 amide bonds. The molecule has 0 saturated carbocycles. The van der Waals surface area contributed by atoms with E-state index in [1.54, 1.807) is 6.92 Å². The van der Waals surface area contributed by atoms with Crippen LogP contribution in [0.15, 0.2) is 71.9 Å². The lowest BCUT2D eigenvalue weighted by Gasteiger charge is -2.29. The maximum absolute atomic E-state index is 13.3. The molecule has 146 valence electrons. The van der Waals surface area contributed by atoms with Crippen LogP contribution in [-0.2, 0) is 4.79 Å². The predicted octanol–water partition coefficient (Wildman–Crippen LogP) is 4.72. The molecule has 1 atom stereocenters. The summed E-state index contributed by atoms with van der Waals surface area (Å²) in [6.07, 6.45) is 0. The number of allylic oxidation sites excluding steroid dienone is 1. The fraction of sp³-hybridized carbons (Fsp3) is 0.167. The normalized spacial score (nSPS) is 16.4. The molecule has 29 heavy (non-hydrogen) atoms. The number of hydrogen-bond acceptors (Lipinski definition) is 2. The smallest absolute Gasteiger partial charge is 0.319 e. The number of carbonyl (C=O) groups is 2. The third-order valence-corrected chi connectivity index (χ3v) is 5.50. The third-order valence-electron chi connectivity index (χ3n) is 5.50. The third kappa shape index (κ3) is 3.47.